The van der Waals surface area contributed by atoms with E-state index < -0.39 is 10.0 Å². The Morgan fingerprint density at radius 2 is 1.80 bits per heavy atom. The molecule has 8 nitrogen and oxygen atoms in total. The maximum absolute atomic E-state index is 12.7. The molecule has 0 N–H and O–H groups in total. The minimum atomic E-state index is -3.62. The van der Waals surface area contributed by atoms with Crippen molar-refractivity contribution in [3.8, 4) is 11.4 Å². The van der Waals surface area contributed by atoms with Crippen LogP contribution in [0.2, 0.25) is 0 Å². The molecule has 0 bridgehead atoms. The van der Waals surface area contributed by atoms with E-state index in [1.54, 1.807) is 13.8 Å². The molecule has 0 radical (unpaired) electrons. The lowest BCUT2D eigenvalue weighted by Crippen LogP contribution is -2.48. The van der Waals surface area contributed by atoms with Crippen LogP contribution in [0.15, 0.2) is 44.3 Å². The molecule has 0 spiro atoms. The number of aromatic nitrogens is 3. The van der Waals surface area contributed by atoms with Crippen molar-refractivity contribution in [3.05, 3.63) is 47.7 Å². The number of aryl methyl sites for hydroxylation is 2. The number of benzene rings is 1. The van der Waals surface area contributed by atoms with Crippen LogP contribution in [0, 0.1) is 13.8 Å². The largest absolute Gasteiger partial charge is 0.360 e. The van der Waals surface area contributed by atoms with Crippen LogP contribution in [0.25, 0.3) is 11.4 Å². The topological polar surface area (TPSA) is 102 Å². The number of rotatable bonds is 4. The highest BCUT2D eigenvalue weighted by molar-refractivity contribution is 7.89. The van der Waals surface area contributed by atoms with E-state index >= 15 is 0 Å². The van der Waals surface area contributed by atoms with Gasteiger partial charge in [0.2, 0.25) is 21.7 Å². The Morgan fingerprint density at radius 3 is 2.44 bits per heavy atom. The van der Waals surface area contributed by atoms with Crippen molar-refractivity contribution < 1.29 is 17.5 Å². The Hall–Kier alpha value is -2.52. The lowest BCUT2D eigenvalue weighted by molar-refractivity contribution is 0.216. The molecular formula is C16H16N4O4S. The molecule has 3 aromatic rings. The summed E-state index contributed by atoms with van der Waals surface area (Å²) in [5.41, 5.74) is 1.22. The molecule has 1 aromatic carbocycles. The minimum Gasteiger partial charge on any atom is -0.360 e. The first-order chi connectivity index (χ1) is 12.0. The first-order valence-corrected chi connectivity index (χ1v) is 9.23. The Kier molecular flexibility index (Phi) is 3.69. The lowest BCUT2D eigenvalue weighted by atomic mass is 10.0. The van der Waals surface area contributed by atoms with E-state index in [4.69, 9.17) is 9.05 Å². The van der Waals surface area contributed by atoms with Gasteiger partial charge >= 0.3 is 0 Å². The molecule has 0 atom stereocenters. The Morgan fingerprint density at radius 1 is 1.08 bits per heavy atom. The number of hydrogen-bond donors (Lipinski definition) is 0. The second kappa shape index (κ2) is 5.78. The Bertz CT molecular complexity index is 984. The molecule has 130 valence electrons. The van der Waals surface area contributed by atoms with Gasteiger partial charge < -0.3 is 9.05 Å². The highest BCUT2D eigenvalue weighted by atomic mass is 32.2. The molecule has 9 heteroatoms. The zero-order valence-electron chi connectivity index (χ0n) is 13.7. The van der Waals surface area contributed by atoms with Crippen molar-refractivity contribution in [1.29, 1.82) is 0 Å². The molecule has 1 saturated heterocycles. The summed E-state index contributed by atoms with van der Waals surface area (Å²) in [6.45, 7) is 3.80. The molecule has 1 fully saturated rings. The van der Waals surface area contributed by atoms with Gasteiger partial charge in [0, 0.05) is 18.7 Å². The van der Waals surface area contributed by atoms with Crippen molar-refractivity contribution in [1.82, 2.24) is 19.6 Å². The highest BCUT2D eigenvalue weighted by Gasteiger charge is 2.42. The average molecular weight is 360 g/mol. The zero-order valence-corrected chi connectivity index (χ0v) is 14.5. The number of sulfonamides is 1. The molecule has 4 rings (SSSR count). The van der Waals surface area contributed by atoms with Gasteiger partial charge in [-0.15, -0.1) is 0 Å². The summed E-state index contributed by atoms with van der Waals surface area (Å²) < 4.78 is 37.0. The third kappa shape index (κ3) is 2.65. The van der Waals surface area contributed by atoms with Crippen molar-refractivity contribution in [2.45, 2.75) is 24.7 Å². The zero-order chi connectivity index (χ0) is 17.6. The normalized spacial score (nSPS) is 16.1. The summed E-state index contributed by atoms with van der Waals surface area (Å²) in [4.78, 5) is 4.53. The maximum Gasteiger partial charge on any atom is 0.248 e. The van der Waals surface area contributed by atoms with Crippen molar-refractivity contribution >= 4 is 10.0 Å². The van der Waals surface area contributed by atoms with Crippen LogP contribution >= 0.6 is 0 Å². The van der Waals surface area contributed by atoms with Crippen LogP contribution in [0.5, 0.6) is 0 Å². The predicted molar refractivity (Wildman–Crippen MR) is 87.2 cm³/mol. The predicted octanol–water partition coefficient (Wildman–Crippen LogP) is 2.13. The maximum atomic E-state index is 12.7. The van der Waals surface area contributed by atoms with Crippen LogP contribution < -0.4 is 0 Å². The van der Waals surface area contributed by atoms with E-state index in [2.05, 4.69) is 15.3 Å². The van der Waals surface area contributed by atoms with E-state index in [0.29, 0.717) is 36.3 Å². The van der Waals surface area contributed by atoms with Crippen LogP contribution in [-0.4, -0.2) is 41.1 Å². The van der Waals surface area contributed by atoms with Gasteiger partial charge in [-0.25, -0.2) is 8.42 Å². The molecule has 1 aliphatic heterocycles. The third-order valence-electron chi connectivity index (χ3n) is 4.24. The molecule has 3 heterocycles. The van der Waals surface area contributed by atoms with E-state index in [0.717, 1.165) is 5.56 Å². The fourth-order valence-electron chi connectivity index (χ4n) is 2.87. The molecule has 0 aliphatic carbocycles. The van der Waals surface area contributed by atoms with E-state index in [9.17, 15) is 8.42 Å². The lowest BCUT2D eigenvalue weighted by Gasteiger charge is -2.35. The summed E-state index contributed by atoms with van der Waals surface area (Å²) >= 11 is 0. The molecule has 0 unspecified atom stereocenters. The second-order valence-corrected chi connectivity index (χ2v) is 7.87. The summed E-state index contributed by atoms with van der Waals surface area (Å²) in [6, 6.07) is 9.49. The first kappa shape index (κ1) is 16.0. The van der Waals surface area contributed by atoms with Gasteiger partial charge in [0.05, 0.1) is 5.92 Å². The van der Waals surface area contributed by atoms with E-state index in [-0.39, 0.29) is 10.8 Å². The molecule has 1 aliphatic rings. The fraction of sp³-hybridized carbons (Fsp3) is 0.312. The monoisotopic (exact) mass is 360 g/mol. The first-order valence-electron chi connectivity index (χ1n) is 7.79. The highest BCUT2D eigenvalue weighted by Crippen LogP contribution is 2.33. The van der Waals surface area contributed by atoms with Gasteiger partial charge in [0.15, 0.2) is 5.76 Å². The SMILES string of the molecule is Cc1noc(C)c1S(=O)(=O)N1CC(c2nc(-c3ccccc3)no2)C1. The van der Waals surface area contributed by atoms with E-state index in [1.807, 2.05) is 30.3 Å². The molecule has 25 heavy (non-hydrogen) atoms. The van der Waals surface area contributed by atoms with Gasteiger partial charge in [-0.3, -0.25) is 0 Å². The summed E-state index contributed by atoms with van der Waals surface area (Å²) in [6.07, 6.45) is 0. The van der Waals surface area contributed by atoms with Gasteiger partial charge in [-0.05, 0) is 13.8 Å². The fourth-order valence-corrected chi connectivity index (χ4v) is 4.69. The van der Waals surface area contributed by atoms with Crippen LogP contribution in [0.1, 0.15) is 23.3 Å². The van der Waals surface area contributed by atoms with Crippen LogP contribution in [0.4, 0.5) is 0 Å². The molecule has 0 saturated carbocycles. The van der Waals surface area contributed by atoms with E-state index in [1.165, 1.54) is 4.31 Å². The molecule has 0 amide bonds. The summed E-state index contributed by atoms with van der Waals surface area (Å²) in [5, 5.41) is 7.69. The number of hydrogen-bond acceptors (Lipinski definition) is 7. The molecular weight excluding hydrogens is 344 g/mol. The van der Waals surface area contributed by atoms with Crippen LogP contribution in [-0.2, 0) is 10.0 Å². The summed E-state index contributed by atoms with van der Waals surface area (Å²) in [7, 11) is -3.62. The minimum absolute atomic E-state index is 0.111. The van der Waals surface area contributed by atoms with Crippen molar-refractivity contribution in [2.75, 3.05) is 13.1 Å². The van der Waals surface area contributed by atoms with Crippen molar-refractivity contribution in [2.24, 2.45) is 0 Å². The Balaban J connectivity index is 1.50. The van der Waals surface area contributed by atoms with Gasteiger partial charge in [-0.2, -0.15) is 9.29 Å². The van der Waals surface area contributed by atoms with Gasteiger partial charge in [0.1, 0.15) is 10.6 Å². The van der Waals surface area contributed by atoms with Gasteiger partial charge in [0.25, 0.3) is 0 Å². The summed E-state index contributed by atoms with van der Waals surface area (Å²) in [5.74, 6) is 1.14. The quantitative estimate of drug-likeness (QED) is 0.702. The smallest absolute Gasteiger partial charge is 0.248 e. The third-order valence-corrected chi connectivity index (χ3v) is 6.31. The van der Waals surface area contributed by atoms with Crippen molar-refractivity contribution in [3.63, 3.8) is 0 Å². The standard InChI is InChI=1S/C16H16N4O4S/c1-10-14(11(2)23-18-10)25(21,22)20-8-13(9-20)16-17-15(19-24-16)12-6-4-3-5-7-12/h3-7,13H,8-9H2,1-2H3. The molecule has 2 aromatic heterocycles. The average Bonchev–Trinajstić information content (AvgIpc) is 3.14. The second-order valence-electron chi connectivity index (χ2n) is 5.99. The van der Waals surface area contributed by atoms with Gasteiger partial charge in [-0.1, -0.05) is 40.6 Å². The number of nitrogens with zero attached hydrogens (tertiary/aromatic N) is 4. The Labute approximate surface area is 144 Å². The van der Waals surface area contributed by atoms with Crippen LogP contribution in [0.3, 0.4) is 0 Å².